The van der Waals surface area contributed by atoms with Gasteiger partial charge in [0, 0.05) is 20.0 Å². The predicted molar refractivity (Wildman–Crippen MR) is 74.5 cm³/mol. The van der Waals surface area contributed by atoms with Gasteiger partial charge in [-0.1, -0.05) is 0 Å². The summed E-state index contributed by atoms with van der Waals surface area (Å²) in [5.74, 6) is 0.0512. The van der Waals surface area contributed by atoms with Crippen LogP contribution in [0.2, 0.25) is 0 Å². The lowest BCUT2D eigenvalue weighted by Gasteiger charge is -2.19. The summed E-state index contributed by atoms with van der Waals surface area (Å²) >= 11 is 3.17. The lowest BCUT2D eigenvalue weighted by Crippen LogP contribution is -2.16. The molecule has 0 radical (unpaired) electrons. The molecule has 0 saturated heterocycles. The van der Waals surface area contributed by atoms with Gasteiger partial charge < -0.3 is 14.2 Å². The van der Waals surface area contributed by atoms with Gasteiger partial charge in [0.1, 0.15) is 17.3 Å². The van der Waals surface area contributed by atoms with Crippen molar-refractivity contribution in [2.45, 2.75) is 19.3 Å². The van der Waals surface area contributed by atoms with Gasteiger partial charge in [0.05, 0.1) is 17.7 Å². The van der Waals surface area contributed by atoms with Gasteiger partial charge >= 0.3 is 0 Å². The molecule has 0 aliphatic heterocycles. The topological polar surface area (TPSA) is 44.8 Å². The number of ketones is 1. The maximum absolute atomic E-state index is 14.2. The molecule has 0 fully saturated rings. The highest BCUT2D eigenvalue weighted by atomic mass is 79.9. The zero-order valence-corrected chi connectivity index (χ0v) is 12.8. The summed E-state index contributed by atoms with van der Waals surface area (Å²) in [6, 6.07) is 1.77. The second kappa shape index (κ2) is 7.15. The molecule has 0 heterocycles. The number of fused-ring (bicyclic) bond motifs is 1. The highest BCUT2D eigenvalue weighted by molar-refractivity contribution is 9.10. The van der Waals surface area contributed by atoms with Crippen molar-refractivity contribution in [2.75, 3.05) is 27.1 Å². The predicted octanol–water partition coefficient (Wildman–Crippen LogP) is 2.65. The van der Waals surface area contributed by atoms with E-state index in [0.717, 1.165) is 5.56 Å². The van der Waals surface area contributed by atoms with E-state index in [0.29, 0.717) is 37.4 Å². The molecule has 0 bridgehead atoms. The van der Waals surface area contributed by atoms with Gasteiger partial charge in [-0.2, -0.15) is 0 Å². The molecular weight excluding hydrogens is 331 g/mol. The van der Waals surface area contributed by atoms with E-state index >= 15 is 0 Å². The van der Waals surface area contributed by atoms with Crippen molar-refractivity contribution in [1.29, 1.82) is 0 Å². The number of methoxy groups -OCH3 is 1. The van der Waals surface area contributed by atoms with E-state index in [1.54, 1.807) is 13.2 Å². The molecule has 1 aromatic carbocycles. The number of carbonyl (C=O) groups excluding carboxylic acids is 1. The Kier molecular flexibility index (Phi) is 5.51. The van der Waals surface area contributed by atoms with E-state index in [1.807, 2.05) is 0 Å². The number of ether oxygens (including phenoxy) is 3. The van der Waals surface area contributed by atoms with Crippen LogP contribution < -0.4 is 4.74 Å². The first-order chi connectivity index (χ1) is 9.63. The van der Waals surface area contributed by atoms with E-state index < -0.39 is 5.82 Å². The van der Waals surface area contributed by atoms with Crippen LogP contribution in [0.25, 0.3) is 0 Å². The van der Waals surface area contributed by atoms with E-state index in [9.17, 15) is 9.18 Å². The minimum absolute atomic E-state index is 0.0269. The second-order valence-electron chi connectivity index (χ2n) is 4.52. The second-order valence-corrected chi connectivity index (χ2v) is 5.31. The number of halogens is 2. The Hall–Kier alpha value is -0.980. The zero-order valence-electron chi connectivity index (χ0n) is 11.2. The summed E-state index contributed by atoms with van der Waals surface area (Å²) in [6.45, 7) is 0.917. The van der Waals surface area contributed by atoms with Gasteiger partial charge in [-0.3, -0.25) is 4.79 Å². The summed E-state index contributed by atoms with van der Waals surface area (Å²) < 4.78 is 29.9. The SMILES string of the molecule is COCCOCOc1cc2c(c(F)c1Br)CC(=O)CC2. The summed E-state index contributed by atoms with van der Waals surface area (Å²) in [5, 5.41) is 0. The minimum atomic E-state index is -0.414. The molecule has 0 aromatic heterocycles. The average Bonchev–Trinajstić information content (AvgIpc) is 2.44. The van der Waals surface area contributed by atoms with Crippen LogP contribution in [-0.2, 0) is 27.1 Å². The molecule has 0 N–H and O–H groups in total. The molecule has 1 aliphatic rings. The number of hydrogen-bond donors (Lipinski definition) is 0. The van der Waals surface area contributed by atoms with Gasteiger partial charge in [0.15, 0.2) is 6.79 Å². The fraction of sp³-hybridized carbons (Fsp3) is 0.500. The smallest absolute Gasteiger partial charge is 0.189 e. The summed E-state index contributed by atoms with van der Waals surface area (Å²) in [4.78, 5) is 11.4. The number of hydrogen-bond acceptors (Lipinski definition) is 4. The van der Waals surface area contributed by atoms with Crippen LogP contribution in [0.15, 0.2) is 10.5 Å². The van der Waals surface area contributed by atoms with E-state index in [4.69, 9.17) is 14.2 Å². The average molecular weight is 347 g/mol. The van der Waals surface area contributed by atoms with Crippen LogP contribution in [-0.4, -0.2) is 32.9 Å². The highest BCUT2D eigenvalue weighted by Gasteiger charge is 2.23. The Bertz CT molecular complexity index is 504. The molecule has 2 rings (SSSR count). The highest BCUT2D eigenvalue weighted by Crippen LogP contribution is 2.35. The quantitative estimate of drug-likeness (QED) is 0.586. The van der Waals surface area contributed by atoms with Crippen LogP contribution >= 0.6 is 15.9 Å². The summed E-state index contributed by atoms with van der Waals surface area (Å²) in [5.41, 5.74) is 1.30. The van der Waals surface area contributed by atoms with Crippen LogP contribution in [0.1, 0.15) is 17.5 Å². The standard InChI is InChI=1S/C14H16BrFO4/c1-18-4-5-19-8-20-12-6-9-2-3-10(17)7-11(9)14(16)13(12)15/h6H,2-5,7-8H2,1H3. The number of aryl methyl sites for hydroxylation is 1. The minimum Gasteiger partial charge on any atom is -0.466 e. The van der Waals surface area contributed by atoms with E-state index in [-0.39, 0.29) is 23.5 Å². The molecule has 0 saturated carbocycles. The Labute approximate surface area is 125 Å². The Balaban J connectivity index is 2.07. The molecule has 0 atom stereocenters. The Morgan fingerprint density at radius 1 is 1.35 bits per heavy atom. The first-order valence-corrected chi connectivity index (χ1v) is 7.13. The normalized spacial score (nSPS) is 14.2. The van der Waals surface area contributed by atoms with Gasteiger partial charge in [-0.15, -0.1) is 0 Å². The Morgan fingerprint density at radius 3 is 2.90 bits per heavy atom. The van der Waals surface area contributed by atoms with Gasteiger partial charge in [-0.05, 0) is 39.5 Å². The van der Waals surface area contributed by atoms with Crippen LogP contribution in [0.5, 0.6) is 5.75 Å². The van der Waals surface area contributed by atoms with Crippen LogP contribution in [0.4, 0.5) is 4.39 Å². The van der Waals surface area contributed by atoms with Crippen molar-refractivity contribution in [2.24, 2.45) is 0 Å². The molecule has 0 unspecified atom stereocenters. The maximum Gasteiger partial charge on any atom is 0.189 e. The van der Waals surface area contributed by atoms with E-state index in [1.165, 1.54) is 0 Å². The molecule has 6 heteroatoms. The van der Waals surface area contributed by atoms with Crippen molar-refractivity contribution in [3.05, 3.63) is 27.5 Å². The third kappa shape index (κ3) is 3.56. The Morgan fingerprint density at radius 2 is 2.15 bits per heavy atom. The van der Waals surface area contributed by atoms with E-state index in [2.05, 4.69) is 15.9 Å². The molecule has 1 aromatic rings. The van der Waals surface area contributed by atoms with Crippen molar-refractivity contribution in [1.82, 2.24) is 0 Å². The molecule has 0 spiro atoms. The third-order valence-corrected chi connectivity index (χ3v) is 3.88. The van der Waals surface area contributed by atoms with Crippen LogP contribution in [0, 0.1) is 5.82 Å². The molecule has 20 heavy (non-hydrogen) atoms. The zero-order chi connectivity index (χ0) is 14.5. The monoisotopic (exact) mass is 346 g/mol. The number of carbonyl (C=O) groups is 1. The van der Waals surface area contributed by atoms with Crippen molar-refractivity contribution < 1.29 is 23.4 Å². The van der Waals surface area contributed by atoms with Gasteiger partial charge in [0.25, 0.3) is 0 Å². The fourth-order valence-corrected chi connectivity index (χ4v) is 2.54. The third-order valence-electron chi connectivity index (χ3n) is 3.14. The first-order valence-electron chi connectivity index (χ1n) is 6.34. The molecular formula is C14H16BrFO4. The number of rotatable bonds is 6. The largest absolute Gasteiger partial charge is 0.466 e. The molecule has 4 nitrogen and oxygen atoms in total. The maximum atomic E-state index is 14.2. The van der Waals surface area contributed by atoms with Crippen molar-refractivity contribution in [3.8, 4) is 5.75 Å². The van der Waals surface area contributed by atoms with Crippen LogP contribution in [0.3, 0.4) is 0 Å². The van der Waals surface area contributed by atoms with Crippen molar-refractivity contribution in [3.63, 3.8) is 0 Å². The molecule has 1 aliphatic carbocycles. The lowest BCUT2D eigenvalue weighted by atomic mass is 9.90. The number of Topliss-reactive ketones (excluding diaryl/α,β-unsaturated/α-hetero) is 1. The summed E-state index contributed by atoms with van der Waals surface area (Å²) in [7, 11) is 1.58. The summed E-state index contributed by atoms with van der Waals surface area (Å²) in [6.07, 6.45) is 1.17. The molecule has 0 amide bonds. The van der Waals surface area contributed by atoms with Gasteiger partial charge in [0.2, 0.25) is 0 Å². The van der Waals surface area contributed by atoms with Gasteiger partial charge in [-0.25, -0.2) is 4.39 Å². The molecule has 110 valence electrons. The first kappa shape index (κ1) is 15.4. The fourth-order valence-electron chi connectivity index (χ4n) is 2.08. The van der Waals surface area contributed by atoms with Crippen molar-refractivity contribution >= 4 is 21.7 Å². The number of benzene rings is 1. The lowest BCUT2D eigenvalue weighted by molar-refractivity contribution is -0.118.